The van der Waals surface area contributed by atoms with Crippen LogP contribution in [0.4, 0.5) is 0 Å². The minimum absolute atomic E-state index is 0.122. The molecule has 0 aliphatic carbocycles. The summed E-state index contributed by atoms with van der Waals surface area (Å²) in [4.78, 5) is 23.1. The first-order valence-corrected chi connectivity index (χ1v) is 15.1. The fourth-order valence-electron chi connectivity index (χ4n) is 3.97. The molecule has 0 aliphatic rings. The van der Waals surface area contributed by atoms with Crippen LogP contribution in [0.2, 0.25) is 0 Å². The molecule has 6 heteroatoms. The summed E-state index contributed by atoms with van der Waals surface area (Å²) in [7, 11) is 0. The Morgan fingerprint density at radius 2 is 1.31 bits per heavy atom. The second-order valence-electron chi connectivity index (χ2n) is 9.89. The van der Waals surface area contributed by atoms with Gasteiger partial charge < -0.3 is 19.3 Å². The highest BCUT2D eigenvalue weighted by Crippen LogP contribution is 2.23. The van der Waals surface area contributed by atoms with Crippen molar-refractivity contribution in [3.63, 3.8) is 0 Å². The van der Waals surface area contributed by atoms with Gasteiger partial charge in [0.2, 0.25) is 0 Å². The van der Waals surface area contributed by atoms with Crippen LogP contribution in [0.25, 0.3) is 0 Å². The topological polar surface area (TPSA) is 82.1 Å². The monoisotopic (exact) mass is 544 g/mol. The van der Waals surface area contributed by atoms with Crippen molar-refractivity contribution in [2.45, 2.75) is 110 Å². The number of rotatable bonds is 26. The van der Waals surface area contributed by atoms with E-state index in [0.717, 1.165) is 57.7 Å². The molecule has 0 saturated carbocycles. The first kappa shape index (κ1) is 34.4. The zero-order chi connectivity index (χ0) is 28.2. The normalized spacial score (nSPS) is 11.3. The SMILES string of the molecule is CCCCC/C=C\C/C=C\CCCCCCCC(=O)OCCCCOc1cc(C=O)cc(OCCCCO)c1. The molecule has 0 heterocycles. The van der Waals surface area contributed by atoms with Gasteiger partial charge in [-0.15, -0.1) is 0 Å². The molecule has 1 N–H and O–H groups in total. The smallest absolute Gasteiger partial charge is 0.305 e. The lowest BCUT2D eigenvalue weighted by atomic mass is 10.1. The van der Waals surface area contributed by atoms with E-state index < -0.39 is 0 Å². The zero-order valence-corrected chi connectivity index (χ0v) is 24.2. The molecule has 220 valence electrons. The predicted molar refractivity (Wildman–Crippen MR) is 159 cm³/mol. The van der Waals surface area contributed by atoms with Crippen LogP contribution in [0.5, 0.6) is 11.5 Å². The van der Waals surface area contributed by atoms with E-state index in [4.69, 9.17) is 19.3 Å². The summed E-state index contributed by atoms with van der Waals surface area (Å²) in [6.45, 7) is 3.71. The third-order valence-electron chi connectivity index (χ3n) is 6.26. The van der Waals surface area contributed by atoms with E-state index in [1.165, 1.54) is 38.5 Å². The van der Waals surface area contributed by atoms with Crippen LogP contribution in [-0.2, 0) is 9.53 Å². The molecule has 0 aromatic heterocycles. The van der Waals surface area contributed by atoms with Crippen LogP contribution in [0, 0.1) is 0 Å². The number of ether oxygens (including phenoxy) is 3. The number of allylic oxidation sites excluding steroid dienone is 4. The number of benzene rings is 1. The summed E-state index contributed by atoms with van der Waals surface area (Å²) in [6, 6.07) is 5.11. The average Bonchev–Trinajstić information content (AvgIpc) is 2.95. The van der Waals surface area contributed by atoms with Crippen LogP contribution in [0.3, 0.4) is 0 Å². The molecule has 0 fully saturated rings. The molecule has 1 rings (SSSR count). The van der Waals surface area contributed by atoms with Crippen molar-refractivity contribution in [3.05, 3.63) is 48.1 Å². The number of aliphatic hydroxyl groups excluding tert-OH is 1. The van der Waals surface area contributed by atoms with Crippen molar-refractivity contribution >= 4 is 12.3 Å². The number of esters is 1. The van der Waals surface area contributed by atoms with E-state index >= 15 is 0 Å². The standard InChI is InChI=1S/C33H52O6/c1-2-3-4-5-6-7-8-9-10-11-12-13-14-15-16-21-33(36)39-25-20-19-24-38-32-27-30(29-35)26-31(28-32)37-23-18-17-22-34/h6-7,9-10,26-29,34H,2-5,8,11-25H2,1H3/b7-6-,10-9-. The van der Waals surface area contributed by atoms with Crippen molar-refractivity contribution in [2.24, 2.45) is 0 Å². The van der Waals surface area contributed by atoms with Crippen molar-refractivity contribution in [3.8, 4) is 11.5 Å². The van der Waals surface area contributed by atoms with Crippen LogP contribution in [0.15, 0.2) is 42.5 Å². The molecule has 6 nitrogen and oxygen atoms in total. The van der Waals surface area contributed by atoms with Gasteiger partial charge in [0, 0.05) is 24.7 Å². The molecule has 0 saturated heterocycles. The molecule has 0 radical (unpaired) electrons. The van der Waals surface area contributed by atoms with Gasteiger partial charge in [-0.05, 0) is 76.3 Å². The molecule has 1 aromatic rings. The van der Waals surface area contributed by atoms with Crippen molar-refractivity contribution in [1.82, 2.24) is 0 Å². The molecular formula is C33H52O6. The van der Waals surface area contributed by atoms with E-state index in [2.05, 4.69) is 31.2 Å². The largest absolute Gasteiger partial charge is 0.493 e. The van der Waals surface area contributed by atoms with Gasteiger partial charge in [0.1, 0.15) is 17.8 Å². The Labute approximate surface area is 236 Å². The van der Waals surface area contributed by atoms with Gasteiger partial charge in [0.05, 0.1) is 19.8 Å². The maximum Gasteiger partial charge on any atom is 0.305 e. The number of unbranched alkanes of at least 4 members (excludes halogenated alkanes) is 10. The van der Waals surface area contributed by atoms with Gasteiger partial charge in [0.25, 0.3) is 0 Å². The molecule has 39 heavy (non-hydrogen) atoms. The van der Waals surface area contributed by atoms with Crippen molar-refractivity contribution in [2.75, 3.05) is 26.4 Å². The molecular weight excluding hydrogens is 492 g/mol. The first-order chi connectivity index (χ1) is 19.2. The molecule has 0 unspecified atom stereocenters. The maximum absolute atomic E-state index is 11.9. The van der Waals surface area contributed by atoms with Gasteiger partial charge in [-0.3, -0.25) is 9.59 Å². The maximum atomic E-state index is 11.9. The summed E-state index contributed by atoms with van der Waals surface area (Å²) in [5.74, 6) is 1.04. The Balaban J connectivity index is 1.99. The Kier molecular flexibility index (Phi) is 22.7. The predicted octanol–water partition coefficient (Wildman–Crippen LogP) is 8.17. The molecule has 0 aliphatic heterocycles. The van der Waals surface area contributed by atoms with Gasteiger partial charge in [-0.25, -0.2) is 0 Å². The minimum Gasteiger partial charge on any atom is -0.493 e. The summed E-state index contributed by atoms with van der Waals surface area (Å²) >= 11 is 0. The van der Waals surface area contributed by atoms with E-state index in [1.54, 1.807) is 18.2 Å². The van der Waals surface area contributed by atoms with Crippen LogP contribution in [-0.4, -0.2) is 43.8 Å². The Hall–Kier alpha value is -2.60. The molecule has 0 spiro atoms. The Morgan fingerprint density at radius 1 is 0.718 bits per heavy atom. The molecule has 0 atom stereocenters. The third kappa shape index (κ3) is 21.0. The second kappa shape index (κ2) is 25.7. The average molecular weight is 545 g/mol. The lowest BCUT2D eigenvalue weighted by molar-refractivity contribution is -0.143. The molecule has 1 aromatic carbocycles. The fourth-order valence-corrected chi connectivity index (χ4v) is 3.97. The number of carbonyl (C=O) groups excluding carboxylic acids is 2. The quantitative estimate of drug-likeness (QED) is 0.0548. The number of aliphatic hydroxyl groups is 1. The fraction of sp³-hybridized carbons (Fsp3) is 0.636. The van der Waals surface area contributed by atoms with Gasteiger partial charge in [-0.1, -0.05) is 63.3 Å². The van der Waals surface area contributed by atoms with E-state index in [0.29, 0.717) is 49.7 Å². The van der Waals surface area contributed by atoms with Crippen LogP contribution < -0.4 is 9.47 Å². The Morgan fingerprint density at radius 3 is 1.95 bits per heavy atom. The van der Waals surface area contributed by atoms with Crippen molar-refractivity contribution in [1.29, 1.82) is 0 Å². The summed E-state index contributed by atoms with van der Waals surface area (Å²) in [5.41, 5.74) is 0.492. The van der Waals surface area contributed by atoms with Crippen LogP contribution >= 0.6 is 0 Å². The highest BCUT2D eigenvalue weighted by molar-refractivity contribution is 5.76. The highest BCUT2D eigenvalue weighted by Gasteiger charge is 2.05. The van der Waals surface area contributed by atoms with Gasteiger partial charge >= 0.3 is 5.97 Å². The molecule has 0 amide bonds. The number of aldehydes is 1. The van der Waals surface area contributed by atoms with Gasteiger partial charge in [0.15, 0.2) is 0 Å². The number of hydrogen-bond donors (Lipinski definition) is 1. The van der Waals surface area contributed by atoms with Crippen molar-refractivity contribution < 1.29 is 28.9 Å². The molecule has 0 bridgehead atoms. The lowest BCUT2D eigenvalue weighted by Crippen LogP contribution is -2.07. The summed E-state index contributed by atoms with van der Waals surface area (Å²) < 4.78 is 16.7. The summed E-state index contributed by atoms with van der Waals surface area (Å²) in [5, 5.41) is 8.85. The number of hydrogen-bond acceptors (Lipinski definition) is 6. The van der Waals surface area contributed by atoms with Crippen LogP contribution in [0.1, 0.15) is 120 Å². The Bertz CT molecular complexity index is 801. The summed E-state index contributed by atoms with van der Waals surface area (Å²) in [6.07, 6.45) is 26.1. The van der Waals surface area contributed by atoms with E-state index in [9.17, 15) is 9.59 Å². The van der Waals surface area contributed by atoms with Gasteiger partial charge in [-0.2, -0.15) is 0 Å². The second-order valence-corrected chi connectivity index (χ2v) is 9.89. The minimum atomic E-state index is -0.122. The third-order valence-corrected chi connectivity index (χ3v) is 6.26. The van der Waals surface area contributed by atoms with E-state index in [-0.39, 0.29) is 12.6 Å². The van der Waals surface area contributed by atoms with E-state index in [1.807, 2.05) is 0 Å². The zero-order valence-electron chi connectivity index (χ0n) is 24.2. The first-order valence-electron chi connectivity index (χ1n) is 15.1. The lowest BCUT2D eigenvalue weighted by Gasteiger charge is -2.11. The number of carbonyl (C=O) groups is 2. The highest BCUT2D eigenvalue weighted by atomic mass is 16.5.